The number of rotatable bonds is 5. The standard InChI is InChI=1S/C16H13BrF2O2/c17-13-5-4-11(15(19)9-13)8-12(16(20)21)6-10-2-1-3-14(18)7-10/h1-5,7,9,12H,6,8H2,(H,20,21). The summed E-state index contributed by atoms with van der Waals surface area (Å²) in [5.41, 5.74) is 0.918. The van der Waals surface area contributed by atoms with Crippen LogP contribution in [0.3, 0.4) is 0 Å². The summed E-state index contributed by atoms with van der Waals surface area (Å²) in [4.78, 5) is 11.3. The van der Waals surface area contributed by atoms with Crippen molar-refractivity contribution >= 4 is 21.9 Å². The molecule has 0 amide bonds. The lowest BCUT2D eigenvalue weighted by Gasteiger charge is -2.13. The number of halogens is 3. The number of carboxylic acid groups (broad SMARTS) is 1. The third-order valence-electron chi connectivity index (χ3n) is 3.20. The Bertz CT molecular complexity index is 658. The van der Waals surface area contributed by atoms with Crippen LogP contribution in [0.4, 0.5) is 8.78 Å². The molecule has 0 aliphatic carbocycles. The van der Waals surface area contributed by atoms with Crippen LogP contribution in [0.25, 0.3) is 0 Å². The largest absolute Gasteiger partial charge is 0.481 e. The van der Waals surface area contributed by atoms with Gasteiger partial charge in [-0.2, -0.15) is 0 Å². The minimum Gasteiger partial charge on any atom is -0.481 e. The number of hydrogen-bond donors (Lipinski definition) is 1. The molecule has 110 valence electrons. The maximum atomic E-state index is 13.8. The highest BCUT2D eigenvalue weighted by molar-refractivity contribution is 9.10. The zero-order valence-corrected chi connectivity index (χ0v) is 12.6. The highest BCUT2D eigenvalue weighted by Gasteiger charge is 2.20. The van der Waals surface area contributed by atoms with Crippen LogP contribution in [0.15, 0.2) is 46.9 Å². The van der Waals surface area contributed by atoms with Gasteiger partial charge in [0, 0.05) is 4.47 Å². The Labute approximate surface area is 129 Å². The summed E-state index contributed by atoms with van der Waals surface area (Å²) in [6.45, 7) is 0. The van der Waals surface area contributed by atoms with Gasteiger partial charge >= 0.3 is 5.97 Å². The van der Waals surface area contributed by atoms with Crippen molar-refractivity contribution < 1.29 is 18.7 Å². The molecule has 0 aliphatic heterocycles. The third kappa shape index (κ3) is 4.36. The lowest BCUT2D eigenvalue weighted by Crippen LogP contribution is -2.19. The highest BCUT2D eigenvalue weighted by atomic mass is 79.9. The van der Waals surface area contributed by atoms with Gasteiger partial charge in [-0.05, 0) is 48.2 Å². The van der Waals surface area contributed by atoms with Gasteiger partial charge in [-0.1, -0.05) is 34.1 Å². The number of hydrogen-bond acceptors (Lipinski definition) is 1. The molecule has 21 heavy (non-hydrogen) atoms. The lowest BCUT2D eigenvalue weighted by molar-refractivity contribution is -0.141. The van der Waals surface area contributed by atoms with Crippen LogP contribution in [0, 0.1) is 17.6 Å². The second kappa shape index (κ2) is 6.80. The van der Waals surface area contributed by atoms with E-state index in [9.17, 15) is 18.7 Å². The number of carbonyl (C=O) groups is 1. The molecule has 0 saturated heterocycles. The molecular formula is C16H13BrF2O2. The van der Waals surface area contributed by atoms with E-state index in [1.165, 1.54) is 24.3 Å². The Balaban J connectivity index is 2.18. The van der Waals surface area contributed by atoms with Crippen molar-refractivity contribution in [3.05, 3.63) is 69.7 Å². The smallest absolute Gasteiger partial charge is 0.307 e. The van der Waals surface area contributed by atoms with Crippen LogP contribution in [0.1, 0.15) is 11.1 Å². The summed E-state index contributed by atoms with van der Waals surface area (Å²) in [6, 6.07) is 10.3. The van der Waals surface area contributed by atoms with E-state index >= 15 is 0 Å². The summed E-state index contributed by atoms with van der Waals surface area (Å²) in [5.74, 6) is -2.69. The predicted octanol–water partition coefficient (Wildman–Crippen LogP) is 4.21. The maximum absolute atomic E-state index is 13.8. The molecule has 1 atom stereocenters. The van der Waals surface area contributed by atoms with Gasteiger partial charge in [-0.25, -0.2) is 8.78 Å². The molecule has 0 fully saturated rings. The minimum absolute atomic E-state index is 0.0605. The second-order valence-corrected chi connectivity index (χ2v) is 5.72. The van der Waals surface area contributed by atoms with E-state index in [0.29, 0.717) is 15.6 Å². The molecule has 2 aromatic rings. The molecule has 0 radical (unpaired) electrons. The van der Waals surface area contributed by atoms with Crippen LogP contribution in [-0.2, 0) is 17.6 Å². The van der Waals surface area contributed by atoms with Crippen molar-refractivity contribution in [2.24, 2.45) is 5.92 Å². The Hall–Kier alpha value is -1.75. The summed E-state index contributed by atoms with van der Waals surface area (Å²) in [5, 5.41) is 9.29. The Morgan fingerprint density at radius 2 is 1.90 bits per heavy atom. The first-order chi connectivity index (χ1) is 9.95. The average Bonchev–Trinajstić information content (AvgIpc) is 2.40. The monoisotopic (exact) mass is 354 g/mol. The number of aliphatic carboxylic acids is 1. The molecule has 0 bridgehead atoms. The summed E-state index contributed by atoms with van der Waals surface area (Å²) >= 11 is 3.16. The zero-order chi connectivity index (χ0) is 15.4. The van der Waals surface area contributed by atoms with Crippen molar-refractivity contribution in [3.8, 4) is 0 Å². The summed E-state index contributed by atoms with van der Waals surface area (Å²) in [6.07, 6.45) is 0.216. The molecule has 0 heterocycles. The normalized spacial score (nSPS) is 12.1. The Kier molecular flexibility index (Phi) is 5.07. The fourth-order valence-electron chi connectivity index (χ4n) is 2.15. The Morgan fingerprint density at radius 3 is 2.52 bits per heavy atom. The van der Waals surface area contributed by atoms with E-state index in [1.807, 2.05) is 0 Å². The lowest BCUT2D eigenvalue weighted by atomic mass is 9.92. The topological polar surface area (TPSA) is 37.3 Å². The van der Waals surface area contributed by atoms with Crippen molar-refractivity contribution in [2.45, 2.75) is 12.8 Å². The van der Waals surface area contributed by atoms with Crippen LogP contribution < -0.4 is 0 Å². The first-order valence-electron chi connectivity index (χ1n) is 6.37. The molecule has 0 saturated carbocycles. The predicted molar refractivity (Wildman–Crippen MR) is 79.0 cm³/mol. The van der Waals surface area contributed by atoms with Crippen molar-refractivity contribution in [3.63, 3.8) is 0 Å². The summed E-state index contributed by atoms with van der Waals surface area (Å²) in [7, 11) is 0. The van der Waals surface area contributed by atoms with Gasteiger partial charge in [0.1, 0.15) is 11.6 Å². The van der Waals surface area contributed by atoms with E-state index in [0.717, 1.165) is 0 Å². The number of benzene rings is 2. The van der Waals surface area contributed by atoms with Crippen LogP contribution in [0.5, 0.6) is 0 Å². The van der Waals surface area contributed by atoms with E-state index in [-0.39, 0.29) is 12.8 Å². The molecule has 1 N–H and O–H groups in total. The second-order valence-electron chi connectivity index (χ2n) is 4.81. The molecule has 0 aliphatic rings. The molecule has 0 aromatic heterocycles. The molecule has 5 heteroatoms. The fourth-order valence-corrected chi connectivity index (χ4v) is 2.48. The van der Waals surface area contributed by atoms with Gasteiger partial charge in [-0.3, -0.25) is 4.79 Å². The van der Waals surface area contributed by atoms with Crippen molar-refractivity contribution in [1.29, 1.82) is 0 Å². The molecule has 2 aromatic carbocycles. The molecule has 2 nitrogen and oxygen atoms in total. The van der Waals surface area contributed by atoms with Crippen LogP contribution in [-0.4, -0.2) is 11.1 Å². The third-order valence-corrected chi connectivity index (χ3v) is 3.70. The van der Waals surface area contributed by atoms with E-state index in [1.54, 1.807) is 18.2 Å². The molecule has 0 spiro atoms. The fraction of sp³-hybridized carbons (Fsp3) is 0.188. The molecular weight excluding hydrogens is 342 g/mol. The quantitative estimate of drug-likeness (QED) is 0.872. The summed E-state index contributed by atoms with van der Waals surface area (Å²) < 4.78 is 27.5. The Morgan fingerprint density at radius 1 is 1.14 bits per heavy atom. The van der Waals surface area contributed by atoms with Crippen molar-refractivity contribution in [1.82, 2.24) is 0 Å². The van der Waals surface area contributed by atoms with Gasteiger partial charge in [-0.15, -0.1) is 0 Å². The van der Waals surface area contributed by atoms with Gasteiger partial charge < -0.3 is 5.11 Å². The van der Waals surface area contributed by atoms with Gasteiger partial charge in [0.05, 0.1) is 5.92 Å². The highest BCUT2D eigenvalue weighted by Crippen LogP contribution is 2.21. The van der Waals surface area contributed by atoms with E-state index in [4.69, 9.17) is 0 Å². The van der Waals surface area contributed by atoms with Gasteiger partial charge in [0.15, 0.2) is 0 Å². The maximum Gasteiger partial charge on any atom is 0.307 e. The molecule has 2 rings (SSSR count). The van der Waals surface area contributed by atoms with E-state index < -0.39 is 23.5 Å². The zero-order valence-electron chi connectivity index (χ0n) is 11.0. The van der Waals surface area contributed by atoms with Gasteiger partial charge in [0.2, 0.25) is 0 Å². The SMILES string of the molecule is O=C(O)C(Cc1cccc(F)c1)Cc1ccc(Br)cc1F. The van der Waals surface area contributed by atoms with Crippen molar-refractivity contribution in [2.75, 3.05) is 0 Å². The van der Waals surface area contributed by atoms with Crippen LogP contribution >= 0.6 is 15.9 Å². The number of carboxylic acids is 1. The first kappa shape index (κ1) is 15.6. The average molecular weight is 355 g/mol. The van der Waals surface area contributed by atoms with E-state index in [2.05, 4.69) is 15.9 Å². The first-order valence-corrected chi connectivity index (χ1v) is 7.16. The van der Waals surface area contributed by atoms with Crippen LogP contribution in [0.2, 0.25) is 0 Å². The minimum atomic E-state index is -1.03. The molecule has 1 unspecified atom stereocenters. The van der Waals surface area contributed by atoms with Gasteiger partial charge in [0.25, 0.3) is 0 Å².